The van der Waals surface area contributed by atoms with Crippen LogP contribution in [0.5, 0.6) is 5.75 Å². The topological polar surface area (TPSA) is 62.2 Å². The zero-order chi connectivity index (χ0) is 16.1. The summed E-state index contributed by atoms with van der Waals surface area (Å²) in [6.07, 6.45) is 4.05. The molecule has 23 heavy (non-hydrogen) atoms. The van der Waals surface area contributed by atoms with Crippen molar-refractivity contribution in [1.29, 1.82) is 0 Å². The molecule has 3 rings (SSSR count). The van der Waals surface area contributed by atoms with Gasteiger partial charge in [-0.25, -0.2) is 0 Å². The number of carbonyl (C=O) groups excluding carboxylic acids is 1. The third-order valence-electron chi connectivity index (χ3n) is 3.44. The summed E-state index contributed by atoms with van der Waals surface area (Å²) in [5.41, 5.74) is 2.57. The molecule has 0 unspecified atom stereocenters. The van der Waals surface area contributed by atoms with Gasteiger partial charge >= 0.3 is 0 Å². The van der Waals surface area contributed by atoms with Crippen molar-refractivity contribution in [3.63, 3.8) is 0 Å². The minimum Gasteiger partial charge on any atom is -0.508 e. The third kappa shape index (κ3) is 3.96. The van der Waals surface area contributed by atoms with E-state index in [1.54, 1.807) is 35.9 Å². The quantitative estimate of drug-likeness (QED) is 0.755. The second-order valence-corrected chi connectivity index (χ2v) is 6.06. The summed E-state index contributed by atoms with van der Waals surface area (Å²) in [7, 11) is 0. The number of pyridine rings is 1. The van der Waals surface area contributed by atoms with Gasteiger partial charge in [-0.3, -0.25) is 9.78 Å². The molecule has 0 radical (unpaired) electrons. The van der Waals surface area contributed by atoms with Crippen LogP contribution in [0.2, 0.25) is 0 Å². The number of nitrogens with one attached hydrogen (secondary N) is 1. The van der Waals surface area contributed by atoms with Gasteiger partial charge in [0.2, 0.25) is 0 Å². The summed E-state index contributed by atoms with van der Waals surface area (Å²) < 4.78 is 0. The maximum atomic E-state index is 12.2. The monoisotopic (exact) mass is 324 g/mol. The summed E-state index contributed by atoms with van der Waals surface area (Å²) in [5.74, 6) is 0.115. The molecule has 116 valence electrons. The molecule has 3 aromatic rings. The molecule has 0 saturated heterocycles. The first-order valence-corrected chi connectivity index (χ1v) is 8.15. The van der Waals surface area contributed by atoms with Gasteiger partial charge in [0.15, 0.2) is 0 Å². The Morgan fingerprint density at radius 3 is 2.74 bits per heavy atom. The smallest absolute Gasteiger partial charge is 0.252 e. The van der Waals surface area contributed by atoms with Crippen molar-refractivity contribution in [3.05, 3.63) is 71.4 Å². The van der Waals surface area contributed by atoms with E-state index in [-0.39, 0.29) is 11.7 Å². The molecule has 0 saturated carbocycles. The summed E-state index contributed by atoms with van der Waals surface area (Å²) in [4.78, 5) is 17.5. The van der Waals surface area contributed by atoms with Crippen molar-refractivity contribution in [3.8, 4) is 16.2 Å². The molecule has 0 aliphatic heterocycles. The highest BCUT2D eigenvalue weighted by atomic mass is 32.1. The number of benzene rings is 1. The highest BCUT2D eigenvalue weighted by Gasteiger charge is 2.08. The molecule has 0 aliphatic rings. The Morgan fingerprint density at radius 2 is 2.00 bits per heavy atom. The van der Waals surface area contributed by atoms with Gasteiger partial charge in [0.25, 0.3) is 5.91 Å². The van der Waals surface area contributed by atoms with Crippen molar-refractivity contribution in [1.82, 2.24) is 10.3 Å². The average Bonchev–Trinajstić information content (AvgIpc) is 3.11. The van der Waals surface area contributed by atoms with Gasteiger partial charge in [0, 0.05) is 29.4 Å². The largest absolute Gasteiger partial charge is 0.508 e. The average molecular weight is 324 g/mol. The Hall–Kier alpha value is -2.66. The van der Waals surface area contributed by atoms with Crippen LogP contribution in [-0.4, -0.2) is 22.5 Å². The molecule has 1 amide bonds. The van der Waals surface area contributed by atoms with Crippen molar-refractivity contribution in [2.24, 2.45) is 0 Å². The lowest BCUT2D eigenvalue weighted by Crippen LogP contribution is -2.25. The molecule has 2 N–H and O–H groups in total. The van der Waals surface area contributed by atoms with E-state index in [1.165, 1.54) is 0 Å². The number of nitrogens with zero attached hydrogens (tertiary/aromatic N) is 1. The lowest BCUT2D eigenvalue weighted by atomic mass is 10.1. The van der Waals surface area contributed by atoms with Crippen LogP contribution in [0.3, 0.4) is 0 Å². The second kappa shape index (κ2) is 7.07. The summed E-state index contributed by atoms with van der Waals surface area (Å²) in [5, 5.41) is 14.1. The first-order valence-electron chi connectivity index (χ1n) is 7.27. The van der Waals surface area contributed by atoms with E-state index in [1.807, 2.05) is 35.7 Å². The highest BCUT2D eigenvalue weighted by Crippen LogP contribution is 2.24. The number of aromatic hydroxyl groups is 1. The Labute approximate surface area is 138 Å². The van der Waals surface area contributed by atoms with E-state index < -0.39 is 0 Å². The van der Waals surface area contributed by atoms with Gasteiger partial charge in [0.1, 0.15) is 5.75 Å². The normalized spacial score (nSPS) is 10.4. The third-order valence-corrected chi connectivity index (χ3v) is 4.36. The van der Waals surface area contributed by atoms with Gasteiger partial charge in [-0.2, -0.15) is 0 Å². The van der Waals surface area contributed by atoms with Crippen LogP contribution in [-0.2, 0) is 6.42 Å². The van der Waals surface area contributed by atoms with Crippen LogP contribution in [0.25, 0.3) is 10.4 Å². The van der Waals surface area contributed by atoms with Crippen molar-refractivity contribution in [2.45, 2.75) is 6.42 Å². The fourth-order valence-electron chi connectivity index (χ4n) is 2.23. The molecular weight excluding hydrogens is 308 g/mol. The maximum Gasteiger partial charge on any atom is 0.252 e. The van der Waals surface area contributed by atoms with Crippen LogP contribution >= 0.6 is 11.3 Å². The minimum absolute atomic E-state index is 0.130. The Balaban J connectivity index is 1.60. The molecular formula is C18H16N2O2S. The fraction of sp³-hybridized carbons (Fsp3) is 0.111. The molecule has 5 heteroatoms. The predicted molar refractivity (Wildman–Crippen MR) is 91.7 cm³/mol. The number of rotatable bonds is 5. The fourth-order valence-corrected chi connectivity index (χ4v) is 2.94. The van der Waals surface area contributed by atoms with Crippen molar-refractivity contribution in [2.75, 3.05) is 6.54 Å². The molecule has 0 atom stereocenters. The summed E-state index contributed by atoms with van der Waals surface area (Å²) in [6.45, 7) is 0.535. The summed E-state index contributed by atoms with van der Waals surface area (Å²) >= 11 is 1.62. The van der Waals surface area contributed by atoms with Gasteiger partial charge in [0.05, 0.1) is 5.56 Å². The lowest BCUT2D eigenvalue weighted by molar-refractivity contribution is 0.0954. The first-order chi connectivity index (χ1) is 11.2. The van der Waals surface area contributed by atoms with E-state index >= 15 is 0 Å². The van der Waals surface area contributed by atoms with Gasteiger partial charge in [-0.1, -0.05) is 18.2 Å². The number of hydrogen-bond donors (Lipinski definition) is 2. The number of hydrogen-bond acceptors (Lipinski definition) is 4. The Morgan fingerprint density at radius 1 is 1.17 bits per heavy atom. The minimum atomic E-state index is -0.130. The first kappa shape index (κ1) is 15.2. The number of aromatic nitrogens is 1. The highest BCUT2D eigenvalue weighted by molar-refractivity contribution is 7.13. The standard InChI is InChI=1S/C18H16N2O2S/c21-16-5-3-13(4-6-16)7-8-20-18(22)15-10-14(11-19-12-15)17-2-1-9-23-17/h1-6,9-12,21H,7-8H2,(H,20,22). The summed E-state index contributed by atoms with van der Waals surface area (Å²) in [6, 6.07) is 12.8. The van der Waals surface area contributed by atoms with Gasteiger partial charge < -0.3 is 10.4 Å². The van der Waals surface area contributed by atoms with E-state index in [2.05, 4.69) is 10.3 Å². The van der Waals surface area contributed by atoms with Gasteiger partial charge in [-0.05, 0) is 41.6 Å². The van der Waals surface area contributed by atoms with Crippen LogP contribution in [0.15, 0.2) is 60.2 Å². The van der Waals surface area contributed by atoms with Crippen LogP contribution in [0.4, 0.5) is 0 Å². The lowest BCUT2D eigenvalue weighted by Gasteiger charge is -2.06. The van der Waals surface area contributed by atoms with Crippen molar-refractivity contribution < 1.29 is 9.90 Å². The molecule has 0 spiro atoms. The van der Waals surface area contributed by atoms with E-state index in [4.69, 9.17) is 0 Å². The maximum absolute atomic E-state index is 12.2. The zero-order valence-corrected chi connectivity index (χ0v) is 13.2. The molecule has 1 aromatic carbocycles. The number of amides is 1. The second-order valence-electron chi connectivity index (χ2n) is 5.11. The van der Waals surface area contributed by atoms with Gasteiger partial charge in [-0.15, -0.1) is 11.3 Å². The predicted octanol–water partition coefficient (Wildman–Crippen LogP) is 3.49. The molecule has 0 fully saturated rings. The Bertz CT molecular complexity index is 783. The van der Waals surface area contributed by atoms with Crippen molar-refractivity contribution >= 4 is 17.2 Å². The van der Waals surface area contributed by atoms with E-state index in [0.717, 1.165) is 16.0 Å². The molecule has 0 aliphatic carbocycles. The number of thiophene rings is 1. The molecule has 4 nitrogen and oxygen atoms in total. The van der Waals surface area contributed by atoms with Crippen LogP contribution in [0.1, 0.15) is 15.9 Å². The Kier molecular flexibility index (Phi) is 4.68. The van der Waals surface area contributed by atoms with Crippen LogP contribution in [0, 0.1) is 0 Å². The van der Waals surface area contributed by atoms with E-state index in [9.17, 15) is 9.90 Å². The number of phenolic OH excluding ortho intramolecular Hbond substituents is 1. The zero-order valence-electron chi connectivity index (χ0n) is 12.4. The molecule has 2 aromatic heterocycles. The van der Waals surface area contributed by atoms with E-state index in [0.29, 0.717) is 18.5 Å². The number of phenols is 1. The SMILES string of the molecule is O=C(NCCc1ccc(O)cc1)c1cncc(-c2cccs2)c1. The van der Waals surface area contributed by atoms with Crippen LogP contribution < -0.4 is 5.32 Å². The molecule has 2 heterocycles. The number of carbonyl (C=O) groups is 1. The molecule has 0 bridgehead atoms.